The number of carbonyl (C=O) groups is 1. The van der Waals surface area contributed by atoms with Crippen molar-refractivity contribution in [2.24, 2.45) is 0 Å². The molecule has 0 unspecified atom stereocenters. The van der Waals surface area contributed by atoms with Crippen molar-refractivity contribution in [1.82, 2.24) is 9.88 Å². The Morgan fingerprint density at radius 1 is 1.56 bits per heavy atom. The third kappa shape index (κ3) is 2.42. The fraction of sp³-hybridized carbons (Fsp3) is 0.455. The molecular formula is C11H15N3O2. The number of rotatable bonds is 4. The van der Waals surface area contributed by atoms with Crippen LogP contribution >= 0.6 is 0 Å². The van der Waals surface area contributed by atoms with Crippen LogP contribution in [0.5, 0.6) is 0 Å². The summed E-state index contributed by atoms with van der Waals surface area (Å²) in [5.74, 6) is 0.840. The summed E-state index contributed by atoms with van der Waals surface area (Å²) >= 11 is 0. The minimum absolute atomic E-state index is 0.254. The Kier molecular flexibility index (Phi) is 3.24. The third-order valence-electron chi connectivity index (χ3n) is 2.36. The van der Waals surface area contributed by atoms with Crippen molar-refractivity contribution >= 4 is 11.9 Å². The number of aromatic nitrogens is 1. The van der Waals surface area contributed by atoms with E-state index in [1.165, 1.54) is 0 Å². The van der Waals surface area contributed by atoms with E-state index in [0.717, 1.165) is 18.1 Å². The lowest BCUT2D eigenvalue weighted by molar-refractivity contribution is 0.157. The predicted molar refractivity (Wildman–Crippen MR) is 60.2 cm³/mol. The van der Waals surface area contributed by atoms with Crippen molar-refractivity contribution in [2.45, 2.75) is 13.5 Å². The summed E-state index contributed by atoms with van der Waals surface area (Å²) < 4.78 is 4.86. The van der Waals surface area contributed by atoms with Crippen LogP contribution in [0, 0.1) is 0 Å². The smallest absolute Gasteiger partial charge is 0.410 e. The van der Waals surface area contributed by atoms with E-state index in [9.17, 15) is 4.79 Å². The minimum atomic E-state index is -0.254. The van der Waals surface area contributed by atoms with Crippen molar-refractivity contribution in [3.63, 3.8) is 0 Å². The molecule has 0 aromatic carbocycles. The Bertz CT molecular complexity index is 381. The molecule has 1 aliphatic heterocycles. The van der Waals surface area contributed by atoms with Gasteiger partial charge in [-0.05, 0) is 19.1 Å². The minimum Gasteiger partial charge on any atom is -0.448 e. The van der Waals surface area contributed by atoms with Crippen LogP contribution in [-0.2, 0) is 11.3 Å². The topological polar surface area (TPSA) is 54.5 Å². The highest BCUT2D eigenvalue weighted by atomic mass is 16.6. The number of nitrogens with one attached hydrogen (secondary N) is 1. The maximum absolute atomic E-state index is 11.2. The number of carbonyl (C=O) groups excluding carboxylic acids is 1. The second kappa shape index (κ2) is 4.83. The van der Waals surface area contributed by atoms with Gasteiger partial charge in [0.25, 0.3) is 0 Å². The maximum atomic E-state index is 11.2. The lowest BCUT2D eigenvalue weighted by atomic mass is 10.3. The van der Waals surface area contributed by atoms with Crippen LogP contribution in [0.1, 0.15) is 12.6 Å². The molecule has 1 aromatic heterocycles. The van der Waals surface area contributed by atoms with Gasteiger partial charge >= 0.3 is 6.09 Å². The first-order valence-corrected chi connectivity index (χ1v) is 5.41. The largest absolute Gasteiger partial charge is 0.448 e. The summed E-state index contributed by atoms with van der Waals surface area (Å²) in [5, 5.41) is 3.14. The van der Waals surface area contributed by atoms with Crippen LogP contribution in [0.25, 0.3) is 0 Å². The second-order valence-corrected chi connectivity index (χ2v) is 3.58. The molecular weight excluding hydrogens is 206 g/mol. The van der Waals surface area contributed by atoms with Crippen molar-refractivity contribution in [1.29, 1.82) is 0 Å². The fourth-order valence-corrected chi connectivity index (χ4v) is 1.61. The van der Waals surface area contributed by atoms with Crippen LogP contribution in [0.2, 0.25) is 0 Å². The van der Waals surface area contributed by atoms with E-state index in [2.05, 4.69) is 10.3 Å². The summed E-state index contributed by atoms with van der Waals surface area (Å²) in [6.45, 7) is 4.49. The van der Waals surface area contributed by atoms with Gasteiger partial charge in [0, 0.05) is 6.54 Å². The monoisotopic (exact) mass is 221 g/mol. The summed E-state index contributed by atoms with van der Waals surface area (Å²) in [4.78, 5) is 17.3. The predicted octanol–water partition coefficient (Wildman–Crippen LogP) is 1.47. The molecule has 1 fully saturated rings. The van der Waals surface area contributed by atoms with Gasteiger partial charge in [0.15, 0.2) is 0 Å². The number of ether oxygens (including phenoxy) is 1. The molecule has 16 heavy (non-hydrogen) atoms. The number of pyridine rings is 1. The molecule has 0 saturated carbocycles. The SMILES string of the molecule is CCNc1cccc(CN2CCOC2=O)n1. The van der Waals surface area contributed by atoms with E-state index in [-0.39, 0.29) is 6.09 Å². The molecule has 5 heteroatoms. The van der Waals surface area contributed by atoms with Gasteiger partial charge in [-0.25, -0.2) is 9.78 Å². The van der Waals surface area contributed by atoms with Gasteiger partial charge in [-0.3, -0.25) is 4.90 Å². The molecule has 1 amide bonds. The summed E-state index contributed by atoms with van der Waals surface area (Å²) in [6.07, 6.45) is -0.254. The number of hydrogen-bond donors (Lipinski definition) is 1. The van der Waals surface area contributed by atoms with E-state index in [0.29, 0.717) is 19.7 Å². The number of hydrogen-bond acceptors (Lipinski definition) is 4. The summed E-state index contributed by atoms with van der Waals surface area (Å²) in [5.41, 5.74) is 0.873. The third-order valence-corrected chi connectivity index (χ3v) is 2.36. The highest BCUT2D eigenvalue weighted by molar-refractivity contribution is 5.69. The first-order chi connectivity index (χ1) is 7.79. The van der Waals surface area contributed by atoms with Crippen LogP contribution in [0.4, 0.5) is 10.6 Å². The van der Waals surface area contributed by atoms with Crippen molar-refractivity contribution in [3.05, 3.63) is 23.9 Å². The van der Waals surface area contributed by atoms with Gasteiger partial charge in [-0.2, -0.15) is 0 Å². The van der Waals surface area contributed by atoms with Gasteiger partial charge in [0.05, 0.1) is 18.8 Å². The molecule has 1 aromatic rings. The molecule has 0 aliphatic carbocycles. The molecule has 0 bridgehead atoms. The average Bonchev–Trinajstić information content (AvgIpc) is 2.66. The average molecular weight is 221 g/mol. The highest BCUT2D eigenvalue weighted by Crippen LogP contribution is 2.11. The zero-order chi connectivity index (χ0) is 11.4. The van der Waals surface area contributed by atoms with Gasteiger partial charge in [-0.15, -0.1) is 0 Å². The summed E-state index contributed by atoms with van der Waals surface area (Å²) in [6, 6.07) is 5.75. The normalized spacial score (nSPS) is 15.1. The lowest BCUT2D eigenvalue weighted by Crippen LogP contribution is -2.24. The molecule has 0 radical (unpaired) electrons. The zero-order valence-corrected chi connectivity index (χ0v) is 9.27. The standard InChI is InChI=1S/C11H15N3O2/c1-2-12-10-5-3-4-9(13-10)8-14-6-7-16-11(14)15/h3-5H,2,6-8H2,1H3,(H,12,13). The number of nitrogens with zero attached hydrogens (tertiary/aromatic N) is 2. The maximum Gasteiger partial charge on any atom is 0.410 e. The molecule has 2 rings (SSSR count). The zero-order valence-electron chi connectivity index (χ0n) is 9.27. The summed E-state index contributed by atoms with van der Waals surface area (Å²) in [7, 11) is 0. The van der Waals surface area contributed by atoms with Crippen LogP contribution in [0.15, 0.2) is 18.2 Å². The molecule has 1 aliphatic rings. The fourth-order valence-electron chi connectivity index (χ4n) is 1.61. The van der Waals surface area contributed by atoms with E-state index in [4.69, 9.17) is 4.74 Å². The van der Waals surface area contributed by atoms with Gasteiger partial charge < -0.3 is 10.1 Å². The Labute approximate surface area is 94.4 Å². The Morgan fingerprint density at radius 3 is 3.12 bits per heavy atom. The molecule has 0 spiro atoms. The van der Waals surface area contributed by atoms with Crippen molar-refractivity contribution in [3.8, 4) is 0 Å². The van der Waals surface area contributed by atoms with Crippen LogP contribution in [0.3, 0.4) is 0 Å². The van der Waals surface area contributed by atoms with Gasteiger partial charge in [-0.1, -0.05) is 6.07 Å². The number of amides is 1. The molecule has 0 atom stereocenters. The lowest BCUT2D eigenvalue weighted by Gasteiger charge is -2.12. The second-order valence-electron chi connectivity index (χ2n) is 3.58. The molecule has 1 saturated heterocycles. The Balaban J connectivity index is 2.03. The van der Waals surface area contributed by atoms with Gasteiger partial charge in [0.2, 0.25) is 0 Å². The van der Waals surface area contributed by atoms with E-state index in [1.807, 2.05) is 25.1 Å². The Morgan fingerprint density at radius 2 is 2.44 bits per heavy atom. The quantitative estimate of drug-likeness (QED) is 0.836. The van der Waals surface area contributed by atoms with Crippen molar-refractivity contribution in [2.75, 3.05) is 25.0 Å². The number of cyclic esters (lactones) is 1. The van der Waals surface area contributed by atoms with Crippen LogP contribution < -0.4 is 5.32 Å². The van der Waals surface area contributed by atoms with Crippen LogP contribution in [-0.4, -0.2) is 35.7 Å². The molecule has 1 N–H and O–H groups in total. The van der Waals surface area contributed by atoms with E-state index in [1.54, 1.807) is 4.90 Å². The van der Waals surface area contributed by atoms with Gasteiger partial charge in [0.1, 0.15) is 12.4 Å². The van der Waals surface area contributed by atoms with E-state index < -0.39 is 0 Å². The van der Waals surface area contributed by atoms with Crippen molar-refractivity contribution < 1.29 is 9.53 Å². The van der Waals surface area contributed by atoms with E-state index >= 15 is 0 Å². The first-order valence-electron chi connectivity index (χ1n) is 5.41. The first kappa shape index (κ1) is 10.7. The molecule has 5 nitrogen and oxygen atoms in total. The molecule has 86 valence electrons. The number of anilines is 1. The molecule has 2 heterocycles. The highest BCUT2D eigenvalue weighted by Gasteiger charge is 2.22. The Hall–Kier alpha value is -1.78.